The molecule has 4 rings (SSSR count). The minimum atomic E-state index is 0.106. The van der Waals surface area contributed by atoms with Crippen molar-refractivity contribution in [2.24, 2.45) is 5.92 Å². The Hall–Kier alpha value is -1.28. The SMILES string of the molecule is CC1=C(C)C23CCN(C)Cc4c(C)c(C)c(C)c(c42)OC3CC1C. The van der Waals surface area contributed by atoms with Crippen molar-refractivity contribution in [1.82, 2.24) is 4.90 Å². The largest absolute Gasteiger partial charge is 0.489 e. The molecule has 1 aliphatic carbocycles. The molecule has 3 atom stereocenters. The van der Waals surface area contributed by atoms with Gasteiger partial charge in [0.05, 0.1) is 5.41 Å². The molecule has 2 heteroatoms. The second-order valence-corrected chi connectivity index (χ2v) is 8.57. The second kappa shape index (κ2) is 5.11. The summed E-state index contributed by atoms with van der Waals surface area (Å²) in [4.78, 5) is 2.50. The third kappa shape index (κ3) is 1.81. The van der Waals surface area contributed by atoms with Crippen LogP contribution < -0.4 is 4.74 Å². The molecular weight excluding hydrogens is 294 g/mol. The molecule has 0 saturated carbocycles. The van der Waals surface area contributed by atoms with Crippen LogP contribution in [0.5, 0.6) is 5.75 Å². The lowest BCUT2D eigenvalue weighted by molar-refractivity contribution is 0.118. The quantitative estimate of drug-likeness (QED) is 0.634. The topological polar surface area (TPSA) is 12.5 Å². The van der Waals surface area contributed by atoms with E-state index in [9.17, 15) is 0 Å². The maximum absolute atomic E-state index is 6.72. The van der Waals surface area contributed by atoms with Crippen molar-refractivity contribution in [3.8, 4) is 5.75 Å². The third-order valence-corrected chi connectivity index (χ3v) is 7.59. The fourth-order valence-corrected chi connectivity index (χ4v) is 5.50. The van der Waals surface area contributed by atoms with Crippen LogP contribution in [0, 0.1) is 26.7 Å². The van der Waals surface area contributed by atoms with Crippen molar-refractivity contribution in [2.45, 2.75) is 72.4 Å². The average molecular weight is 325 g/mol. The second-order valence-electron chi connectivity index (χ2n) is 8.57. The molecule has 0 N–H and O–H groups in total. The fraction of sp³-hybridized carbons (Fsp3) is 0.636. The molecule has 2 aliphatic heterocycles. The average Bonchev–Trinajstić information content (AvgIpc) is 2.79. The van der Waals surface area contributed by atoms with Crippen molar-refractivity contribution >= 4 is 0 Å². The minimum Gasteiger partial charge on any atom is -0.489 e. The van der Waals surface area contributed by atoms with E-state index in [1.807, 2.05) is 0 Å². The van der Waals surface area contributed by atoms with Gasteiger partial charge in [-0.05, 0) is 89.2 Å². The number of rotatable bonds is 0. The molecular formula is C22H31NO. The van der Waals surface area contributed by atoms with Crippen molar-refractivity contribution < 1.29 is 4.74 Å². The maximum atomic E-state index is 6.72. The molecule has 24 heavy (non-hydrogen) atoms. The predicted octanol–water partition coefficient (Wildman–Crippen LogP) is 4.82. The summed E-state index contributed by atoms with van der Waals surface area (Å²) in [7, 11) is 2.27. The van der Waals surface area contributed by atoms with Gasteiger partial charge >= 0.3 is 0 Å². The Morgan fingerprint density at radius 2 is 1.75 bits per heavy atom. The molecule has 1 aromatic carbocycles. The van der Waals surface area contributed by atoms with Gasteiger partial charge in [-0.15, -0.1) is 0 Å². The maximum Gasteiger partial charge on any atom is 0.127 e. The molecule has 0 bridgehead atoms. The number of hydrogen-bond acceptors (Lipinski definition) is 2. The zero-order valence-electron chi connectivity index (χ0n) is 16.3. The fourth-order valence-electron chi connectivity index (χ4n) is 5.50. The van der Waals surface area contributed by atoms with Gasteiger partial charge in [-0.2, -0.15) is 0 Å². The minimum absolute atomic E-state index is 0.106. The van der Waals surface area contributed by atoms with Gasteiger partial charge < -0.3 is 9.64 Å². The Balaban J connectivity index is 2.09. The Bertz CT molecular complexity index is 760. The van der Waals surface area contributed by atoms with Crippen LogP contribution in [0.25, 0.3) is 0 Å². The summed E-state index contributed by atoms with van der Waals surface area (Å²) >= 11 is 0. The summed E-state index contributed by atoms with van der Waals surface area (Å²) in [6.45, 7) is 16.1. The van der Waals surface area contributed by atoms with E-state index in [0.717, 1.165) is 19.5 Å². The highest BCUT2D eigenvalue weighted by atomic mass is 16.5. The van der Waals surface area contributed by atoms with Crippen LogP contribution in [0.4, 0.5) is 0 Å². The van der Waals surface area contributed by atoms with Gasteiger partial charge in [0.15, 0.2) is 0 Å². The summed E-state index contributed by atoms with van der Waals surface area (Å²) in [6.07, 6.45) is 2.65. The zero-order valence-corrected chi connectivity index (χ0v) is 16.3. The Morgan fingerprint density at radius 3 is 2.46 bits per heavy atom. The highest BCUT2D eigenvalue weighted by Gasteiger charge is 2.55. The van der Waals surface area contributed by atoms with Gasteiger partial charge in [0, 0.05) is 12.1 Å². The molecule has 2 heterocycles. The first-order valence-corrected chi connectivity index (χ1v) is 9.45. The molecule has 3 aliphatic rings. The highest BCUT2D eigenvalue weighted by molar-refractivity contribution is 5.64. The zero-order chi connectivity index (χ0) is 17.4. The monoisotopic (exact) mass is 325 g/mol. The van der Waals surface area contributed by atoms with Gasteiger partial charge in [-0.1, -0.05) is 18.1 Å². The lowest BCUT2D eigenvalue weighted by atomic mass is 9.61. The summed E-state index contributed by atoms with van der Waals surface area (Å²) in [6, 6.07) is 0. The Morgan fingerprint density at radius 1 is 1.04 bits per heavy atom. The van der Waals surface area contributed by atoms with Crippen molar-refractivity contribution in [1.29, 1.82) is 0 Å². The van der Waals surface area contributed by atoms with Crippen LogP contribution in [-0.4, -0.2) is 24.6 Å². The number of allylic oxidation sites excluding steroid dienone is 1. The van der Waals surface area contributed by atoms with Crippen LogP contribution in [-0.2, 0) is 12.0 Å². The molecule has 2 nitrogen and oxygen atoms in total. The van der Waals surface area contributed by atoms with Crippen molar-refractivity contribution in [3.63, 3.8) is 0 Å². The molecule has 0 saturated heterocycles. The van der Waals surface area contributed by atoms with Crippen LogP contribution in [0.1, 0.15) is 61.4 Å². The standard InChI is InChI=1S/C22H31NO/c1-12-10-19-22(17(6)13(12)2)8-9-23(7)11-18-15(4)14(3)16(5)21(24-19)20(18)22/h12,19H,8-11H2,1-7H3. The lowest BCUT2D eigenvalue weighted by Gasteiger charge is -2.43. The number of benzene rings is 1. The van der Waals surface area contributed by atoms with Gasteiger partial charge in [-0.25, -0.2) is 0 Å². The summed E-state index contributed by atoms with van der Waals surface area (Å²) < 4.78 is 6.72. The van der Waals surface area contributed by atoms with E-state index in [2.05, 4.69) is 53.5 Å². The molecule has 0 amide bonds. The molecule has 130 valence electrons. The van der Waals surface area contributed by atoms with E-state index in [1.54, 1.807) is 16.7 Å². The first-order chi connectivity index (χ1) is 11.3. The van der Waals surface area contributed by atoms with E-state index >= 15 is 0 Å². The highest BCUT2D eigenvalue weighted by Crippen LogP contribution is 2.59. The first-order valence-electron chi connectivity index (χ1n) is 9.45. The Labute approximate surface area is 146 Å². The number of hydrogen-bond donors (Lipinski definition) is 0. The molecule has 1 aromatic rings. The molecule has 0 aromatic heterocycles. The Kier molecular flexibility index (Phi) is 3.45. The van der Waals surface area contributed by atoms with Crippen LogP contribution in [0.15, 0.2) is 11.1 Å². The van der Waals surface area contributed by atoms with Crippen LogP contribution in [0.3, 0.4) is 0 Å². The molecule has 3 unspecified atom stereocenters. The summed E-state index contributed by atoms with van der Waals surface area (Å²) in [5.74, 6) is 1.84. The van der Waals surface area contributed by atoms with Crippen LogP contribution >= 0.6 is 0 Å². The van der Waals surface area contributed by atoms with Gasteiger partial charge in [0.2, 0.25) is 0 Å². The molecule has 0 fully saturated rings. The van der Waals surface area contributed by atoms with E-state index in [-0.39, 0.29) is 5.41 Å². The molecule has 0 radical (unpaired) electrons. The van der Waals surface area contributed by atoms with Gasteiger partial charge in [0.1, 0.15) is 11.9 Å². The molecule has 1 spiro atoms. The normalized spacial score (nSPS) is 32.3. The van der Waals surface area contributed by atoms with E-state index in [4.69, 9.17) is 4.74 Å². The van der Waals surface area contributed by atoms with Gasteiger partial charge in [0.25, 0.3) is 0 Å². The lowest BCUT2D eigenvalue weighted by Crippen LogP contribution is -2.45. The van der Waals surface area contributed by atoms with Crippen molar-refractivity contribution in [3.05, 3.63) is 39.0 Å². The van der Waals surface area contributed by atoms with Crippen molar-refractivity contribution in [2.75, 3.05) is 13.6 Å². The van der Waals surface area contributed by atoms with Gasteiger partial charge in [-0.3, -0.25) is 0 Å². The van der Waals surface area contributed by atoms with Crippen LogP contribution in [0.2, 0.25) is 0 Å². The number of nitrogens with zero attached hydrogens (tertiary/aromatic N) is 1. The van der Waals surface area contributed by atoms with E-state index < -0.39 is 0 Å². The number of ether oxygens (including phenoxy) is 1. The predicted molar refractivity (Wildman–Crippen MR) is 99.9 cm³/mol. The third-order valence-electron chi connectivity index (χ3n) is 7.59. The van der Waals surface area contributed by atoms with E-state index in [1.165, 1.54) is 34.4 Å². The summed E-state index contributed by atoms with van der Waals surface area (Å²) in [5.41, 5.74) is 10.6. The first kappa shape index (κ1) is 16.2. The summed E-state index contributed by atoms with van der Waals surface area (Å²) in [5, 5.41) is 0. The van der Waals surface area contributed by atoms with E-state index in [0.29, 0.717) is 12.0 Å². The smallest absolute Gasteiger partial charge is 0.127 e.